The van der Waals surface area contributed by atoms with Gasteiger partial charge in [0.2, 0.25) is 0 Å². The number of aromatic nitrogens is 1. The second-order valence-electron chi connectivity index (χ2n) is 13.4. The molecule has 45 heavy (non-hydrogen) atoms. The van der Waals surface area contributed by atoms with Gasteiger partial charge in [-0.1, -0.05) is 71.9 Å². The molecule has 4 aromatic rings. The zero-order chi connectivity index (χ0) is 33.1. The van der Waals surface area contributed by atoms with Crippen molar-refractivity contribution in [1.29, 1.82) is 0 Å². The highest BCUT2D eigenvalue weighted by molar-refractivity contribution is 7.85. The van der Waals surface area contributed by atoms with Crippen LogP contribution in [0, 0.1) is 0 Å². The van der Waals surface area contributed by atoms with Gasteiger partial charge < -0.3 is 9.84 Å². The molecule has 10 heteroatoms. The number of Topliss-reactive ketones (excluding diaryl/α,β-unsaturated/α-hetero) is 2. The van der Waals surface area contributed by atoms with E-state index in [9.17, 15) is 32.5 Å². The maximum atomic E-state index is 13.3. The van der Waals surface area contributed by atoms with Gasteiger partial charge in [-0.15, -0.1) is 0 Å². The first-order valence-electron chi connectivity index (χ1n) is 14.5. The third kappa shape index (κ3) is 6.25. The number of benzene rings is 3. The number of phenols is 1. The lowest BCUT2D eigenvalue weighted by atomic mass is 9.78. The second-order valence-corrected chi connectivity index (χ2v) is 14.8. The number of carbonyl (C=O) groups is 3. The molecule has 9 nitrogen and oxygen atoms in total. The molecule has 0 spiro atoms. The molecule has 0 amide bonds. The monoisotopic (exact) mass is 629 g/mol. The van der Waals surface area contributed by atoms with Crippen LogP contribution in [0.15, 0.2) is 65.6 Å². The number of para-hydroxylation sites is 1. The second kappa shape index (κ2) is 11.2. The minimum absolute atomic E-state index is 0.0393. The number of hydrogen-bond acceptors (Lipinski definition) is 8. The molecule has 1 aliphatic rings. The summed E-state index contributed by atoms with van der Waals surface area (Å²) in [4.78, 5) is 43.6. The van der Waals surface area contributed by atoms with Crippen molar-refractivity contribution in [3.8, 4) is 11.5 Å². The number of nitrogens with zero attached hydrogens (tertiary/aromatic N) is 1. The van der Waals surface area contributed by atoms with Gasteiger partial charge in [-0.2, -0.15) is 8.42 Å². The number of hydrogen-bond donors (Lipinski definition) is 2. The van der Waals surface area contributed by atoms with Crippen LogP contribution in [0.25, 0.3) is 10.9 Å². The molecule has 1 aromatic heterocycles. The molecule has 0 radical (unpaired) electrons. The van der Waals surface area contributed by atoms with Crippen LogP contribution < -0.4 is 4.74 Å². The van der Waals surface area contributed by atoms with Crippen molar-refractivity contribution < 1.29 is 37.2 Å². The molecule has 0 bridgehead atoms. The lowest BCUT2D eigenvalue weighted by molar-refractivity contribution is -0.134. The zero-order valence-corrected chi connectivity index (χ0v) is 26.8. The fraction of sp³-hybridized carbons (Fsp3) is 0.314. The lowest BCUT2D eigenvalue weighted by Gasteiger charge is -2.28. The van der Waals surface area contributed by atoms with E-state index in [1.165, 1.54) is 12.1 Å². The maximum absolute atomic E-state index is 13.3. The number of carbonyl (C=O) groups excluding carboxylic acids is 3. The van der Waals surface area contributed by atoms with Gasteiger partial charge in [0.1, 0.15) is 17.2 Å². The Hall–Kier alpha value is -4.41. The number of aryl methyl sites for hydroxylation is 1. The summed E-state index contributed by atoms with van der Waals surface area (Å²) in [5, 5.41) is 11.6. The summed E-state index contributed by atoms with van der Waals surface area (Å²) < 4.78 is 38.3. The van der Waals surface area contributed by atoms with Crippen LogP contribution in [0.2, 0.25) is 0 Å². The fourth-order valence-electron chi connectivity index (χ4n) is 5.58. The molecule has 234 valence electrons. The summed E-state index contributed by atoms with van der Waals surface area (Å²) in [6.07, 6.45) is 0.433. The van der Waals surface area contributed by atoms with Gasteiger partial charge in [0, 0.05) is 22.9 Å². The molecule has 1 heterocycles. The summed E-state index contributed by atoms with van der Waals surface area (Å²) in [6.45, 7) is 12.1. The Morgan fingerprint density at radius 2 is 1.49 bits per heavy atom. The quantitative estimate of drug-likeness (QED) is 0.106. The van der Waals surface area contributed by atoms with E-state index in [1.807, 2.05) is 53.7 Å². The van der Waals surface area contributed by atoms with E-state index in [1.54, 1.807) is 24.3 Å². The molecule has 0 fully saturated rings. The molecule has 1 aliphatic carbocycles. The molecular formula is C35H35NO8S. The van der Waals surface area contributed by atoms with Gasteiger partial charge in [-0.05, 0) is 64.3 Å². The first-order chi connectivity index (χ1) is 20.9. The van der Waals surface area contributed by atoms with Crippen LogP contribution in [-0.2, 0) is 32.2 Å². The number of pyridine rings is 1. The average molecular weight is 630 g/mol. The largest absolute Gasteiger partial charge is 0.507 e. The molecule has 5 rings (SSSR count). The number of ether oxygens (including phenoxy) is 1. The van der Waals surface area contributed by atoms with Crippen LogP contribution in [0.5, 0.6) is 11.5 Å². The topological polar surface area (TPSA) is 148 Å². The highest BCUT2D eigenvalue weighted by Gasteiger charge is 2.41. The SMILES string of the molecule is CC(C)(C)c1cc(CCC(=O)Oc2cccc3ccc(C4C(=O)c5ccc(S(=O)(=O)O)cc5C4=O)nc23)cc(C(C)(C)C)c1O. The van der Waals surface area contributed by atoms with Gasteiger partial charge >= 0.3 is 5.97 Å². The van der Waals surface area contributed by atoms with Crippen molar-refractivity contribution in [2.45, 2.75) is 76.0 Å². The minimum atomic E-state index is -4.57. The predicted molar refractivity (Wildman–Crippen MR) is 169 cm³/mol. The van der Waals surface area contributed by atoms with Gasteiger partial charge in [-0.25, -0.2) is 4.98 Å². The molecule has 2 N–H and O–H groups in total. The standard InChI is InChI=1S/C35H35NO8S/c1-34(2,3)24-16-19(17-25(33(24)40)35(4,5)6)10-15-28(37)44-27-9-7-8-20-11-14-26(36-30(20)27)29-31(38)22-13-12-21(45(41,42)43)18-23(22)32(29)39/h7-9,11-14,16-18,29,40H,10,15H2,1-6H3,(H,41,42,43). The van der Waals surface area contributed by atoms with Gasteiger partial charge in [-0.3, -0.25) is 18.9 Å². The first-order valence-corrected chi connectivity index (χ1v) is 16.0. The Balaban J connectivity index is 1.40. The van der Waals surface area contributed by atoms with Crippen LogP contribution in [0.3, 0.4) is 0 Å². The minimum Gasteiger partial charge on any atom is -0.507 e. The Labute approximate surface area is 262 Å². The van der Waals surface area contributed by atoms with E-state index < -0.39 is 38.5 Å². The van der Waals surface area contributed by atoms with E-state index in [0.717, 1.165) is 28.8 Å². The van der Waals surface area contributed by atoms with E-state index in [0.29, 0.717) is 11.8 Å². The summed E-state index contributed by atoms with van der Waals surface area (Å²) in [7, 11) is -4.57. The van der Waals surface area contributed by atoms with E-state index in [4.69, 9.17) is 4.74 Å². The third-order valence-electron chi connectivity index (χ3n) is 7.97. The van der Waals surface area contributed by atoms with Crippen molar-refractivity contribution in [2.24, 2.45) is 0 Å². The molecule has 0 saturated carbocycles. The Morgan fingerprint density at radius 3 is 2.09 bits per heavy atom. The Kier molecular flexibility index (Phi) is 7.96. The number of rotatable bonds is 6. The predicted octanol–water partition coefficient (Wildman–Crippen LogP) is 6.48. The maximum Gasteiger partial charge on any atom is 0.311 e. The van der Waals surface area contributed by atoms with E-state index in [2.05, 4.69) is 4.98 Å². The van der Waals surface area contributed by atoms with Crippen LogP contribution in [0.1, 0.15) is 97.0 Å². The van der Waals surface area contributed by atoms with Crippen molar-refractivity contribution in [3.05, 3.63) is 94.2 Å². The van der Waals surface area contributed by atoms with Crippen molar-refractivity contribution in [2.75, 3.05) is 0 Å². The lowest BCUT2D eigenvalue weighted by Crippen LogP contribution is -2.18. The molecule has 0 saturated heterocycles. The molecule has 1 atom stereocenters. The molecule has 0 aliphatic heterocycles. The van der Waals surface area contributed by atoms with Crippen molar-refractivity contribution in [3.63, 3.8) is 0 Å². The fourth-order valence-corrected chi connectivity index (χ4v) is 6.09. The molecular weight excluding hydrogens is 594 g/mol. The van der Waals surface area contributed by atoms with Gasteiger partial charge in [0.15, 0.2) is 17.3 Å². The Bertz CT molecular complexity index is 1960. The number of phenolic OH excluding ortho intramolecular Hbond substituents is 1. The van der Waals surface area contributed by atoms with Crippen LogP contribution in [0.4, 0.5) is 0 Å². The number of esters is 1. The third-order valence-corrected chi connectivity index (χ3v) is 8.82. The summed E-state index contributed by atoms with van der Waals surface area (Å²) >= 11 is 0. The summed E-state index contributed by atoms with van der Waals surface area (Å²) in [6, 6.07) is 15.4. The highest BCUT2D eigenvalue weighted by Crippen LogP contribution is 2.40. The first kappa shape index (κ1) is 32.0. The van der Waals surface area contributed by atoms with Crippen LogP contribution >= 0.6 is 0 Å². The van der Waals surface area contributed by atoms with E-state index in [-0.39, 0.29) is 51.1 Å². The average Bonchev–Trinajstić information content (AvgIpc) is 3.19. The molecule has 3 aromatic carbocycles. The summed E-state index contributed by atoms with van der Waals surface area (Å²) in [5.74, 6) is -2.57. The number of ketones is 2. The highest BCUT2D eigenvalue weighted by atomic mass is 32.2. The number of fused-ring (bicyclic) bond motifs is 2. The van der Waals surface area contributed by atoms with Gasteiger partial charge in [0.05, 0.1) is 10.6 Å². The number of aromatic hydroxyl groups is 1. The van der Waals surface area contributed by atoms with Crippen molar-refractivity contribution in [1.82, 2.24) is 4.98 Å². The smallest absolute Gasteiger partial charge is 0.311 e. The summed E-state index contributed by atoms with van der Waals surface area (Å²) in [5.41, 5.74) is 2.22. The van der Waals surface area contributed by atoms with Gasteiger partial charge in [0.25, 0.3) is 10.1 Å². The van der Waals surface area contributed by atoms with E-state index >= 15 is 0 Å². The zero-order valence-electron chi connectivity index (χ0n) is 26.0. The normalized spacial score (nSPS) is 15.4. The van der Waals surface area contributed by atoms with Crippen molar-refractivity contribution >= 4 is 38.6 Å². The molecule has 1 unspecified atom stereocenters. The van der Waals surface area contributed by atoms with Crippen LogP contribution in [-0.4, -0.2) is 40.6 Å². The Morgan fingerprint density at radius 1 is 0.867 bits per heavy atom.